The first-order chi connectivity index (χ1) is 14.6. The lowest BCUT2D eigenvalue weighted by atomic mass is 10.1. The summed E-state index contributed by atoms with van der Waals surface area (Å²) in [6, 6.07) is 26.7. The molecule has 1 aromatic heterocycles. The Morgan fingerprint density at radius 2 is 1.63 bits per heavy atom. The minimum absolute atomic E-state index is 0.183. The summed E-state index contributed by atoms with van der Waals surface area (Å²) in [6.07, 6.45) is 0. The number of halogens is 1. The number of nitrogens with zero attached hydrogens (tertiary/aromatic N) is 2. The van der Waals surface area contributed by atoms with Gasteiger partial charge < -0.3 is 10.6 Å². The second kappa shape index (κ2) is 8.88. The molecular formula is C24H19BrN4O. The molecule has 3 aromatic carbocycles. The van der Waals surface area contributed by atoms with E-state index in [9.17, 15) is 4.79 Å². The first-order valence-electron chi connectivity index (χ1n) is 9.42. The summed E-state index contributed by atoms with van der Waals surface area (Å²) in [5.74, 6) is 0.425. The second-order valence-electron chi connectivity index (χ2n) is 6.84. The summed E-state index contributed by atoms with van der Waals surface area (Å²) < 4.78 is 0.906. The van der Waals surface area contributed by atoms with Gasteiger partial charge in [0.25, 0.3) is 5.91 Å². The second-order valence-corrected chi connectivity index (χ2v) is 7.76. The molecule has 0 saturated heterocycles. The van der Waals surface area contributed by atoms with Gasteiger partial charge in [0.2, 0.25) is 0 Å². The Morgan fingerprint density at radius 1 is 0.833 bits per heavy atom. The lowest BCUT2D eigenvalue weighted by Gasteiger charge is -2.09. The van der Waals surface area contributed by atoms with Crippen LogP contribution in [0.2, 0.25) is 0 Å². The van der Waals surface area contributed by atoms with Gasteiger partial charge in [0.15, 0.2) is 5.82 Å². The smallest absolute Gasteiger partial charge is 0.255 e. The monoisotopic (exact) mass is 458 g/mol. The lowest BCUT2D eigenvalue weighted by Crippen LogP contribution is -2.12. The quantitative estimate of drug-likeness (QED) is 0.372. The van der Waals surface area contributed by atoms with E-state index < -0.39 is 0 Å². The molecule has 0 radical (unpaired) electrons. The standard InChI is InChI=1S/C24H19BrN4O/c1-16-5-2-6-17(13-16)22-11-12-23(29-28-22)26-20-9-3-7-18(14-20)24(30)27-21-10-4-8-19(25)15-21/h2-15H,1H3,(H,26,29)(H,27,30). The normalized spacial score (nSPS) is 10.5. The summed E-state index contributed by atoms with van der Waals surface area (Å²) in [5, 5.41) is 14.7. The molecule has 2 N–H and O–H groups in total. The SMILES string of the molecule is Cc1cccc(-c2ccc(Nc3cccc(C(=O)Nc4cccc(Br)c4)c3)nn2)c1. The van der Waals surface area contributed by atoms with Crippen LogP contribution in [0, 0.1) is 6.92 Å². The van der Waals surface area contributed by atoms with Crippen molar-refractivity contribution in [3.8, 4) is 11.3 Å². The van der Waals surface area contributed by atoms with E-state index in [1.807, 2.05) is 73.7 Å². The van der Waals surface area contributed by atoms with Crippen molar-refractivity contribution in [1.82, 2.24) is 10.2 Å². The predicted molar refractivity (Wildman–Crippen MR) is 124 cm³/mol. The molecule has 5 nitrogen and oxygen atoms in total. The highest BCUT2D eigenvalue weighted by Gasteiger charge is 2.08. The molecule has 6 heteroatoms. The Hall–Kier alpha value is -3.51. The highest BCUT2D eigenvalue weighted by molar-refractivity contribution is 9.10. The van der Waals surface area contributed by atoms with Crippen LogP contribution in [-0.4, -0.2) is 16.1 Å². The molecule has 30 heavy (non-hydrogen) atoms. The fraction of sp³-hybridized carbons (Fsp3) is 0.0417. The van der Waals surface area contributed by atoms with Crippen LogP contribution in [0.4, 0.5) is 17.2 Å². The third-order valence-electron chi connectivity index (χ3n) is 4.46. The maximum absolute atomic E-state index is 12.6. The van der Waals surface area contributed by atoms with Gasteiger partial charge in [-0.25, -0.2) is 0 Å². The average molecular weight is 459 g/mol. The Bertz CT molecular complexity index is 1190. The number of carbonyl (C=O) groups excluding carboxylic acids is 1. The topological polar surface area (TPSA) is 66.9 Å². The molecule has 0 bridgehead atoms. The number of carbonyl (C=O) groups is 1. The Morgan fingerprint density at radius 3 is 2.40 bits per heavy atom. The van der Waals surface area contributed by atoms with Gasteiger partial charge in [-0.2, -0.15) is 0 Å². The minimum Gasteiger partial charge on any atom is -0.339 e. The number of benzene rings is 3. The fourth-order valence-electron chi connectivity index (χ4n) is 3.01. The molecule has 0 aliphatic heterocycles. The average Bonchev–Trinajstić information content (AvgIpc) is 2.74. The maximum atomic E-state index is 12.6. The molecule has 4 rings (SSSR count). The molecule has 0 aliphatic rings. The number of nitrogens with one attached hydrogen (secondary N) is 2. The van der Waals surface area contributed by atoms with Gasteiger partial charge in [-0.05, 0) is 61.5 Å². The number of aromatic nitrogens is 2. The molecule has 1 amide bonds. The van der Waals surface area contributed by atoms with Crippen LogP contribution >= 0.6 is 15.9 Å². The zero-order chi connectivity index (χ0) is 20.9. The summed E-state index contributed by atoms with van der Waals surface area (Å²) in [7, 11) is 0. The third kappa shape index (κ3) is 4.90. The number of aryl methyl sites for hydroxylation is 1. The van der Waals surface area contributed by atoms with Crippen LogP contribution in [0.3, 0.4) is 0 Å². The van der Waals surface area contributed by atoms with Crippen LogP contribution in [0.25, 0.3) is 11.3 Å². The first kappa shape index (κ1) is 19.8. The van der Waals surface area contributed by atoms with Crippen LogP contribution in [-0.2, 0) is 0 Å². The van der Waals surface area contributed by atoms with Gasteiger partial charge in [0, 0.05) is 27.0 Å². The lowest BCUT2D eigenvalue weighted by molar-refractivity contribution is 0.102. The Balaban J connectivity index is 1.47. The van der Waals surface area contributed by atoms with Crippen molar-refractivity contribution in [2.24, 2.45) is 0 Å². The van der Waals surface area contributed by atoms with Crippen LogP contribution in [0.5, 0.6) is 0 Å². The largest absolute Gasteiger partial charge is 0.339 e. The van der Waals surface area contributed by atoms with Crippen molar-refractivity contribution in [2.75, 3.05) is 10.6 Å². The molecule has 0 fully saturated rings. The van der Waals surface area contributed by atoms with Crippen LogP contribution < -0.4 is 10.6 Å². The highest BCUT2D eigenvalue weighted by Crippen LogP contribution is 2.21. The van der Waals surface area contributed by atoms with Crippen LogP contribution in [0.1, 0.15) is 15.9 Å². The first-order valence-corrected chi connectivity index (χ1v) is 10.2. The van der Waals surface area contributed by atoms with Crippen molar-refractivity contribution < 1.29 is 4.79 Å². The van der Waals surface area contributed by atoms with E-state index in [0.29, 0.717) is 11.4 Å². The van der Waals surface area contributed by atoms with Gasteiger partial charge in [-0.1, -0.05) is 51.8 Å². The van der Waals surface area contributed by atoms with E-state index in [1.165, 1.54) is 5.56 Å². The van der Waals surface area contributed by atoms with Crippen molar-refractivity contribution in [1.29, 1.82) is 0 Å². The molecule has 0 unspecified atom stereocenters. The third-order valence-corrected chi connectivity index (χ3v) is 4.95. The Kier molecular flexibility index (Phi) is 5.86. The van der Waals surface area contributed by atoms with Gasteiger partial charge in [-0.3, -0.25) is 4.79 Å². The van der Waals surface area contributed by atoms with E-state index in [1.54, 1.807) is 12.1 Å². The molecule has 0 atom stereocenters. The molecule has 0 aliphatic carbocycles. The highest BCUT2D eigenvalue weighted by atomic mass is 79.9. The number of rotatable bonds is 5. The molecule has 0 saturated carbocycles. The maximum Gasteiger partial charge on any atom is 0.255 e. The number of hydrogen-bond acceptors (Lipinski definition) is 4. The molecule has 1 heterocycles. The molecule has 4 aromatic rings. The molecular weight excluding hydrogens is 440 g/mol. The Labute approximate surface area is 183 Å². The molecule has 148 valence electrons. The van der Waals surface area contributed by atoms with Crippen molar-refractivity contribution in [2.45, 2.75) is 6.92 Å². The zero-order valence-corrected chi connectivity index (χ0v) is 17.8. The molecule has 0 spiro atoms. The van der Waals surface area contributed by atoms with E-state index in [4.69, 9.17) is 0 Å². The van der Waals surface area contributed by atoms with Crippen molar-refractivity contribution in [3.05, 3.63) is 101 Å². The summed E-state index contributed by atoms with van der Waals surface area (Å²) in [5.41, 5.74) is 5.05. The minimum atomic E-state index is -0.183. The number of hydrogen-bond donors (Lipinski definition) is 2. The zero-order valence-electron chi connectivity index (χ0n) is 16.3. The van der Waals surface area contributed by atoms with E-state index in [-0.39, 0.29) is 5.91 Å². The predicted octanol–water partition coefficient (Wildman–Crippen LogP) is 6.21. The van der Waals surface area contributed by atoms with Gasteiger partial charge in [0.1, 0.15) is 0 Å². The van der Waals surface area contributed by atoms with Crippen molar-refractivity contribution in [3.63, 3.8) is 0 Å². The fourth-order valence-corrected chi connectivity index (χ4v) is 3.41. The van der Waals surface area contributed by atoms with Gasteiger partial charge >= 0.3 is 0 Å². The summed E-state index contributed by atoms with van der Waals surface area (Å²) >= 11 is 3.41. The van der Waals surface area contributed by atoms with Crippen LogP contribution in [0.15, 0.2) is 89.4 Å². The van der Waals surface area contributed by atoms with Gasteiger partial charge in [-0.15, -0.1) is 10.2 Å². The van der Waals surface area contributed by atoms with E-state index in [0.717, 1.165) is 27.1 Å². The van der Waals surface area contributed by atoms with Crippen molar-refractivity contribution >= 4 is 39.0 Å². The van der Waals surface area contributed by atoms with Gasteiger partial charge in [0.05, 0.1) is 5.69 Å². The summed E-state index contributed by atoms with van der Waals surface area (Å²) in [6.45, 7) is 2.05. The number of amides is 1. The summed E-state index contributed by atoms with van der Waals surface area (Å²) in [4.78, 5) is 12.6. The number of anilines is 3. The van der Waals surface area contributed by atoms with E-state index >= 15 is 0 Å². The van der Waals surface area contributed by atoms with E-state index in [2.05, 4.69) is 42.8 Å².